The van der Waals surface area contributed by atoms with Gasteiger partial charge in [0.15, 0.2) is 0 Å². The molecule has 0 radical (unpaired) electrons. The minimum atomic E-state index is 0.0442. The zero-order valence-corrected chi connectivity index (χ0v) is 15.6. The first-order chi connectivity index (χ1) is 12.0. The summed E-state index contributed by atoms with van der Waals surface area (Å²) in [6.45, 7) is 8.24. The minimum absolute atomic E-state index is 0.0442. The van der Waals surface area contributed by atoms with Crippen LogP contribution in [-0.2, 0) is 18.0 Å². The lowest BCUT2D eigenvalue weighted by atomic mass is 9.72. The number of piperidine rings is 3. The van der Waals surface area contributed by atoms with Crippen LogP contribution in [0.4, 0.5) is 0 Å². The number of hydrogen-bond acceptors (Lipinski definition) is 4. The summed E-state index contributed by atoms with van der Waals surface area (Å²) in [5.41, 5.74) is 2.58. The molecule has 3 saturated heterocycles. The topological polar surface area (TPSA) is 41.6 Å². The number of benzene rings is 1. The second-order valence-electron chi connectivity index (χ2n) is 8.15. The molecule has 4 aliphatic heterocycles. The van der Waals surface area contributed by atoms with Crippen molar-refractivity contribution < 1.29 is 9.53 Å². The number of rotatable bonds is 2. The molecule has 1 N–H and O–H groups in total. The average Bonchev–Trinajstić information content (AvgIpc) is 3.23. The van der Waals surface area contributed by atoms with Gasteiger partial charge in [0, 0.05) is 21.8 Å². The molecule has 4 aliphatic rings. The van der Waals surface area contributed by atoms with Crippen molar-refractivity contribution in [1.29, 1.82) is 0 Å². The molecule has 0 saturated carbocycles. The Morgan fingerprint density at radius 1 is 1.28 bits per heavy atom. The van der Waals surface area contributed by atoms with Crippen molar-refractivity contribution >= 4 is 27.3 Å². The quantitative estimate of drug-likeness (QED) is 0.895. The maximum atomic E-state index is 13.0. The molecular weight excluding hydrogens is 332 g/mol. The number of carbonyl (C=O) groups excluding carboxylic acids is 1. The van der Waals surface area contributed by atoms with Gasteiger partial charge in [0.25, 0.3) is 5.91 Å². The van der Waals surface area contributed by atoms with Crippen LogP contribution in [0.25, 0.3) is 10.1 Å². The van der Waals surface area contributed by atoms with Crippen LogP contribution in [0.15, 0.2) is 18.2 Å². The number of nitrogens with zero attached hydrogens (tertiary/aromatic N) is 1. The van der Waals surface area contributed by atoms with E-state index in [9.17, 15) is 4.79 Å². The van der Waals surface area contributed by atoms with Crippen molar-refractivity contribution in [2.45, 2.75) is 51.5 Å². The van der Waals surface area contributed by atoms with Crippen LogP contribution in [0.2, 0.25) is 0 Å². The van der Waals surface area contributed by atoms with E-state index in [1.165, 1.54) is 41.8 Å². The molecule has 25 heavy (non-hydrogen) atoms. The highest BCUT2D eigenvalue weighted by Gasteiger charge is 2.48. The summed E-state index contributed by atoms with van der Waals surface area (Å²) in [7, 11) is 0. The molecule has 3 fully saturated rings. The predicted molar refractivity (Wildman–Crippen MR) is 99.9 cm³/mol. The van der Waals surface area contributed by atoms with Gasteiger partial charge in [0.05, 0.1) is 18.1 Å². The molecule has 1 aromatic heterocycles. The first-order valence-electron chi connectivity index (χ1n) is 9.22. The van der Waals surface area contributed by atoms with Crippen LogP contribution in [0, 0.1) is 5.92 Å². The monoisotopic (exact) mass is 356 g/mol. The van der Waals surface area contributed by atoms with Crippen molar-refractivity contribution in [2.75, 3.05) is 13.1 Å². The van der Waals surface area contributed by atoms with E-state index in [4.69, 9.17) is 4.74 Å². The van der Waals surface area contributed by atoms with E-state index in [1.807, 2.05) is 6.07 Å². The molecule has 5 heterocycles. The van der Waals surface area contributed by atoms with Gasteiger partial charge in [-0.2, -0.15) is 0 Å². The fraction of sp³-hybridized carbons (Fsp3) is 0.550. The number of hydrogen-bond donors (Lipinski definition) is 1. The van der Waals surface area contributed by atoms with Crippen molar-refractivity contribution in [3.63, 3.8) is 0 Å². The summed E-state index contributed by atoms with van der Waals surface area (Å²) < 4.78 is 6.79. The first-order valence-corrected chi connectivity index (χ1v) is 10.0. The molecule has 1 atom stereocenters. The predicted octanol–water partition coefficient (Wildman–Crippen LogP) is 3.53. The normalized spacial score (nSPS) is 29.8. The van der Waals surface area contributed by atoms with E-state index in [0.29, 0.717) is 19.1 Å². The Kier molecular flexibility index (Phi) is 3.50. The molecule has 2 bridgehead atoms. The highest BCUT2D eigenvalue weighted by Crippen LogP contribution is 2.40. The zero-order valence-electron chi connectivity index (χ0n) is 14.8. The number of nitrogens with one attached hydrogen (secondary N) is 1. The number of thiophene rings is 1. The third kappa shape index (κ3) is 2.36. The van der Waals surface area contributed by atoms with Crippen LogP contribution in [0.5, 0.6) is 0 Å². The summed E-state index contributed by atoms with van der Waals surface area (Å²) in [6, 6.07) is 6.54. The van der Waals surface area contributed by atoms with Gasteiger partial charge in [0.1, 0.15) is 0 Å². The maximum absolute atomic E-state index is 13.0. The van der Waals surface area contributed by atoms with Crippen molar-refractivity contribution in [3.05, 3.63) is 34.2 Å². The third-order valence-corrected chi connectivity index (χ3v) is 7.70. The van der Waals surface area contributed by atoms with Crippen LogP contribution >= 0.6 is 11.3 Å². The van der Waals surface area contributed by atoms with Crippen molar-refractivity contribution in [3.8, 4) is 0 Å². The van der Waals surface area contributed by atoms with Gasteiger partial charge in [-0.25, -0.2) is 0 Å². The number of amides is 1. The molecule has 6 rings (SSSR count). The Bertz CT molecular complexity index is 849. The van der Waals surface area contributed by atoms with Gasteiger partial charge in [-0.15, -0.1) is 11.3 Å². The molecule has 4 nitrogen and oxygen atoms in total. The molecular formula is C20H24N2O2S. The van der Waals surface area contributed by atoms with Crippen LogP contribution in [0.3, 0.4) is 0 Å². The Morgan fingerprint density at radius 2 is 2.08 bits per heavy atom. The smallest absolute Gasteiger partial charge is 0.261 e. The van der Waals surface area contributed by atoms with E-state index in [0.717, 1.165) is 10.3 Å². The average molecular weight is 356 g/mol. The number of ether oxygens (including phenoxy) is 1. The fourth-order valence-electron chi connectivity index (χ4n) is 4.96. The van der Waals surface area contributed by atoms with Gasteiger partial charge in [-0.3, -0.25) is 9.69 Å². The molecule has 1 aromatic carbocycles. The molecule has 0 unspecified atom stereocenters. The minimum Gasteiger partial charge on any atom is -0.372 e. The lowest BCUT2D eigenvalue weighted by Crippen LogP contribution is -2.69. The van der Waals surface area contributed by atoms with Crippen LogP contribution < -0.4 is 5.32 Å². The molecule has 132 valence electrons. The molecule has 0 aliphatic carbocycles. The Balaban J connectivity index is 1.44. The second kappa shape index (κ2) is 5.53. The second-order valence-corrected chi connectivity index (χ2v) is 9.21. The summed E-state index contributed by atoms with van der Waals surface area (Å²) in [6.07, 6.45) is 2.40. The summed E-state index contributed by atoms with van der Waals surface area (Å²) in [4.78, 5) is 16.4. The largest absolute Gasteiger partial charge is 0.372 e. The Hall–Kier alpha value is -1.43. The highest BCUT2D eigenvalue weighted by molar-refractivity contribution is 7.21. The summed E-state index contributed by atoms with van der Waals surface area (Å²) in [5, 5.41) is 4.54. The van der Waals surface area contributed by atoms with Crippen LogP contribution in [-0.4, -0.2) is 35.5 Å². The van der Waals surface area contributed by atoms with Crippen molar-refractivity contribution in [1.82, 2.24) is 10.2 Å². The van der Waals surface area contributed by atoms with E-state index in [1.54, 1.807) is 11.3 Å². The number of fused-ring (bicyclic) bond motifs is 6. The van der Waals surface area contributed by atoms with Gasteiger partial charge >= 0.3 is 0 Å². The first kappa shape index (κ1) is 15.8. The summed E-state index contributed by atoms with van der Waals surface area (Å²) in [5.74, 6) is 0.691. The van der Waals surface area contributed by atoms with Gasteiger partial charge < -0.3 is 10.1 Å². The lowest BCUT2D eigenvalue weighted by molar-refractivity contribution is -0.0377. The SMILES string of the molecule is CC1(C)[C@@H](NC(=O)c2cc3ccc4c(c3s2)COC4)C2CCN1CC2. The van der Waals surface area contributed by atoms with E-state index in [2.05, 4.69) is 36.2 Å². The van der Waals surface area contributed by atoms with Gasteiger partial charge in [-0.1, -0.05) is 12.1 Å². The number of carbonyl (C=O) groups is 1. The van der Waals surface area contributed by atoms with Gasteiger partial charge in [0.2, 0.25) is 0 Å². The maximum Gasteiger partial charge on any atom is 0.261 e. The van der Waals surface area contributed by atoms with E-state index < -0.39 is 0 Å². The lowest BCUT2D eigenvalue weighted by Gasteiger charge is -2.56. The molecule has 2 aromatic rings. The fourth-order valence-corrected chi connectivity index (χ4v) is 6.07. The molecule has 5 heteroatoms. The standard InChI is InChI=1S/C20H24N2O2S/c1-20(2)18(12-5-7-22(20)8-6-12)21-19(23)16-9-13-3-4-14-10-24-11-15(14)17(13)25-16/h3-4,9,12,18H,5-8,10-11H2,1-2H3,(H,21,23)/t18-/m0/s1. The highest BCUT2D eigenvalue weighted by atomic mass is 32.1. The Morgan fingerprint density at radius 3 is 2.84 bits per heavy atom. The third-order valence-electron chi connectivity index (χ3n) is 6.49. The van der Waals surface area contributed by atoms with E-state index >= 15 is 0 Å². The molecule has 1 amide bonds. The zero-order chi connectivity index (χ0) is 17.2. The summed E-state index contributed by atoms with van der Waals surface area (Å²) >= 11 is 1.61. The van der Waals surface area contributed by atoms with Crippen molar-refractivity contribution in [2.24, 2.45) is 5.92 Å². The molecule has 0 spiro atoms. The van der Waals surface area contributed by atoms with E-state index in [-0.39, 0.29) is 17.5 Å². The van der Waals surface area contributed by atoms with Gasteiger partial charge in [-0.05, 0) is 62.7 Å². The van der Waals surface area contributed by atoms with Crippen LogP contribution in [0.1, 0.15) is 47.5 Å². The Labute approximate surface area is 152 Å².